The molecular weight excluding hydrogens is 251 g/mol. The molecule has 0 fully saturated rings. The van der Waals surface area contributed by atoms with Gasteiger partial charge in [0.2, 0.25) is 0 Å². The van der Waals surface area contributed by atoms with Gasteiger partial charge in [-0.3, -0.25) is 9.78 Å². The van der Waals surface area contributed by atoms with Gasteiger partial charge in [-0.1, -0.05) is 23.2 Å². The average Bonchev–Trinajstić information content (AvgIpc) is 2.11. The molecule has 0 saturated heterocycles. The first-order chi connectivity index (χ1) is 6.93. The van der Waals surface area contributed by atoms with Crippen LogP contribution in [0.3, 0.4) is 0 Å². The molecule has 0 amide bonds. The van der Waals surface area contributed by atoms with Crippen molar-refractivity contribution in [3.05, 3.63) is 27.5 Å². The topological polar surface area (TPSA) is 50.2 Å². The Kier molecular flexibility index (Phi) is 3.82. The number of rotatable bonds is 3. The molecule has 1 N–H and O–H groups in total. The maximum Gasteiger partial charge on any atom is 0.307 e. The lowest BCUT2D eigenvalue weighted by Crippen LogP contribution is -2.04. The molecule has 0 unspecified atom stereocenters. The lowest BCUT2D eigenvalue weighted by Gasteiger charge is -2.08. The van der Waals surface area contributed by atoms with Crippen molar-refractivity contribution in [1.82, 2.24) is 4.98 Å². The number of alkyl halides is 2. The largest absolute Gasteiger partial charge is 0.481 e. The van der Waals surface area contributed by atoms with E-state index in [1.807, 2.05) is 0 Å². The lowest BCUT2D eigenvalue weighted by atomic mass is 10.1. The van der Waals surface area contributed by atoms with Crippen LogP contribution >= 0.6 is 23.2 Å². The number of halogens is 4. The molecule has 1 heterocycles. The van der Waals surface area contributed by atoms with E-state index < -0.39 is 24.5 Å². The van der Waals surface area contributed by atoms with Gasteiger partial charge in [0.05, 0.1) is 16.5 Å². The zero-order valence-electron chi connectivity index (χ0n) is 7.18. The van der Waals surface area contributed by atoms with Crippen LogP contribution < -0.4 is 0 Å². The van der Waals surface area contributed by atoms with Crippen molar-refractivity contribution >= 4 is 29.2 Å². The Morgan fingerprint density at radius 3 is 2.60 bits per heavy atom. The summed E-state index contributed by atoms with van der Waals surface area (Å²) >= 11 is 11.2. The maximum atomic E-state index is 12.3. The summed E-state index contributed by atoms with van der Waals surface area (Å²) < 4.78 is 24.7. The van der Waals surface area contributed by atoms with E-state index in [9.17, 15) is 13.6 Å². The molecule has 0 aliphatic rings. The second-order valence-electron chi connectivity index (χ2n) is 2.66. The summed E-state index contributed by atoms with van der Waals surface area (Å²) in [5.41, 5.74) is -0.701. The Morgan fingerprint density at radius 2 is 2.13 bits per heavy atom. The first-order valence-corrected chi connectivity index (χ1v) is 4.51. The average molecular weight is 256 g/mol. The highest BCUT2D eigenvalue weighted by molar-refractivity contribution is 6.36. The highest BCUT2D eigenvalue weighted by atomic mass is 35.5. The van der Waals surface area contributed by atoms with Gasteiger partial charge in [-0.05, 0) is 0 Å². The van der Waals surface area contributed by atoms with Crippen LogP contribution in [0.15, 0.2) is 6.20 Å². The molecule has 1 rings (SSSR count). The second kappa shape index (κ2) is 4.72. The number of carboxylic acids is 1. The number of pyridine rings is 1. The van der Waals surface area contributed by atoms with Crippen molar-refractivity contribution in [1.29, 1.82) is 0 Å². The van der Waals surface area contributed by atoms with Crippen LogP contribution in [0.1, 0.15) is 17.7 Å². The van der Waals surface area contributed by atoms with Gasteiger partial charge in [0.25, 0.3) is 6.43 Å². The van der Waals surface area contributed by atoms with Crippen LogP contribution in [0.25, 0.3) is 0 Å². The van der Waals surface area contributed by atoms with Crippen LogP contribution in [-0.4, -0.2) is 16.1 Å². The van der Waals surface area contributed by atoms with E-state index in [4.69, 9.17) is 28.3 Å². The number of hydrogen-bond donors (Lipinski definition) is 1. The molecule has 0 saturated carbocycles. The van der Waals surface area contributed by atoms with Crippen LogP contribution in [-0.2, 0) is 11.2 Å². The van der Waals surface area contributed by atoms with Crippen LogP contribution in [0.5, 0.6) is 0 Å². The van der Waals surface area contributed by atoms with Crippen LogP contribution in [0.4, 0.5) is 8.78 Å². The number of carboxylic acid groups (broad SMARTS) is 1. The summed E-state index contributed by atoms with van der Waals surface area (Å²) in [6.07, 6.45) is -2.41. The van der Waals surface area contributed by atoms with Gasteiger partial charge in [0.1, 0.15) is 5.69 Å². The Balaban J connectivity index is 3.23. The Hall–Kier alpha value is -0.940. The van der Waals surface area contributed by atoms with Gasteiger partial charge in [-0.25, -0.2) is 8.78 Å². The number of nitrogens with zero attached hydrogens (tertiary/aromatic N) is 1. The van der Waals surface area contributed by atoms with Crippen molar-refractivity contribution in [2.24, 2.45) is 0 Å². The molecule has 0 atom stereocenters. The molecule has 3 nitrogen and oxygen atoms in total. The molecule has 82 valence electrons. The number of carbonyl (C=O) groups is 1. The molecular formula is C8H5Cl2F2NO2. The van der Waals surface area contributed by atoms with Gasteiger partial charge in [-0.2, -0.15) is 0 Å². The Bertz CT molecular complexity index is 398. The zero-order chi connectivity index (χ0) is 11.6. The Labute approximate surface area is 93.6 Å². The van der Waals surface area contributed by atoms with E-state index in [1.54, 1.807) is 0 Å². The third kappa shape index (κ3) is 2.76. The fourth-order valence-corrected chi connectivity index (χ4v) is 1.54. The van der Waals surface area contributed by atoms with E-state index in [0.29, 0.717) is 0 Å². The zero-order valence-corrected chi connectivity index (χ0v) is 8.69. The lowest BCUT2D eigenvalue weighted by molar-refractivity contribution is -0.136. The molecule has 0 spiro atoms. The summed E-state index contributed by atoms with van der Waals surface area (Å²) in [5, 5.41) is 8.10. The van der Waals surface area contributed by atoms with E-state index in [1.165, 1.54) is 0 Å². The highest BCUT2D eigenvalue weighted by Gasteiger charge is 2.20. The van der Waals surface area contributed by atoms with E-state index >= 15 is 0 Å². The third-order valence-corrected chi connectivity index (χ3v) is 2.38. The van der Waals surface area contributed by atoms with Crippen molar-refractivity contribution in [3.63, 3.8) is 0 Å². The third-order valence-electron chi connectivity index (χ3n) is 1.63. The minimum Gasteiger partial charge on any atom is -0.481 e. The van der Waals surface area contributed by atoms with Crippen LogP contribution in [0.2, 0.25) is 10.0 Å². The molecule has 0 radical (unpaired) electrons. The predicted octanol–water partition coefficient (Wildman–Crippen LogP) is 2.95. The monoisotopic (exact) mass is 255 g/mol. The van der Waals surface area contributed by atoms with E-state index in [-0.39, 0.29) is 15.6 Å². The maximum absolute atomic E-state index is 12.3. The second-order valence-corrected chi connectivity index (χ2v) is 3.44. The van der Waals surface area contributed by atoms with Gasteiger partial charge in [0, 0.05) is 11.8 Å². The SMILES string of the molecule is O=C(O)Cc1c(Cl)cnc(C(F)F)c1Cl. The summed E-state index contributed by atoms with van der Waals surface area (Å²) in [7, 11) is 0. The molecule has 7 heteroatoms. The summed E-state index contributed by atoms with van der Waals surface area (Å²) in [6, 6.07) is 0. The molecule has 15 heavy (non-hydrogen) atoms. The van der Waals surface area contributed by atoms with E-state index in [2.05, 4.69) is 4.98 Å². The minimum atomic E-state index is -2.86. The molecule has 1 aromatic rings. The van der Waals surface area contributed by atoms with Gasteiger partial charge in [-0.15, -0.1) is 0 Å². The van der Waals surface area contributed by atoms with Gasteiger partial charge in [0.15, 0.2) is 0 Å². The van der Waals surface area contributed by atoms with E-state index in [0.717, 1.165) is 6.20 Å². The fourth-order valence-electron chi connectivity index (χ4n) is 0.986. The highest BCUT2D eigenvalue weighted by Crippen LogP contribution is 2.32. The van der Waals surface area contributed by atoms with Gasteiger partial charge < -0.3 is 5.11 Å². The van der Waals surface area contributed by atoms with Crippen molar-refractivity contribution < 1.29 is 18.7 Å². The van der Waals surface area contributed by atoms with Crippen molar-refractivity contribution in [2.75, 3.05) is 0 Å². The Morgan fingerprint density at radius 1 is 1.53 bits per heavy atom. The number of hydrogen-bond acceptors (Lipinski definition) is 2. The van der Waals surface area contributed by atoms with Crippen molar-refractivity contribution in [3.8, 4) is 0 Å². The molecule has 0 aliphatic heterocycles. The standard InChI is InChI=1S/C8H5Cl2F2NO2/c9-4-2-13-7(8(11)12)6(10)3(4)1-5(14)15/h2,8H,1H2,(H,14,15). The molecule has 1 aromatic heterocycles. The predicted molar refractivity (Wildman–Crippen MR) is 50.6 cm³/mol. The molecule has 0 aliphatic carbocycles. The normalized spacial score (nSPS) is 10.7. The molecule has 0 bridgehead atoms. The minimum absolute atomic E-state index is 0.0354. The smallest absolute Gasteiger partial charge is 0.307 e. The fraction of sp³-hybridized carbons (Fsp3) is 0.250. The quantitative estimate of drug-likeness (QED) is 0.904. The summed E-state index contributed by atoms with van der Waals surface area (Å²) in [6.45, 7) is 0. The molecule has 0 aromatic carbocycles. The van der Waals surface area contributed by atoms with Gasteiger partial charge >= 0.3 is 5.97 Å². The van der Waals surface area contributed by atoms with Crippen LogP contribution in [0, 0.1) is 0 Å². The summed E-state index contributed by atoms with van der Waals surface area (Å²) in [4.78, 5) is 13.8. The first kappa shape index (κ1) is 12.1. The summed E-state index contributed by atoms with van der Waals surface area (Å²) in [5.74, 6) is -1.20. The van der Waals surface area contributed by atoms with Crippen molar-refractivity contribution in [2.45, 2.75) is 12.8 Å². The first-order valence-electron chi connectivity index (χ1n) is 3.76. The number of aromatic nitrogens is 1. The number of aliphatic carboxylic acids is 1.